The van der Waals surface area contributed by atoms with E-state index in [-0.39, 0.29) is 0 Å². The zero-order valence-electron chi connectivity index (χ0n) is 13.1. The number of nitrogens with zero attached hydrogens (tertiary/aromatic N) is 2. The van der Waals surface area contributed by atoms with E-state index in [4.69, 9.17) is 11.2 Å². The van der Waals surface area contributed by atoms with Crippen LogP contribution in [0.1, 0.15) is 12.0 Å². The smallest absolute Gasteiger partial charge is 0.148 e. The summed E-state index contributed by atoms with van der Waals surface area (Å²) in [7, 11) is 0. The highest BCUT2D eigenvalue weighted by Gasteiger charge is 2.23. The van der Waals surface area contributed by atoms with Gasteiger partial charge in [0.25, 0.3) is 0 Å². The van der Waals surface area contributed by atoms with Gasteiger partial charge in [0.2, 0.25) is 0 Å². The van der Waals surface area contributed by atoms with Gasteiger partial charge in [0.05, 0.1) is 0 Å². The third kappa shape index (κ3) is 4.02. The Morgan fingerprint density at radius 3 is 2.96 bits per heavy atom. The molecule has 1 fully saturated rings. The predicted molar refractivity (Wildman–Crippen MR) is 92.5 cm³/mol. The fourth-order valence-corrected chi connectivity index (χ4v) is 2.84. The molecule has 1 atom stereocenters. The second kappa shape index (κ2) is 7.66. The number of benzene rings is 1. The van der Waals surface area contributed by atoms with Crippen LogP contribution in [0, 0.1) is 12.3 Å². The lowest BCUT2D eigenvalue weighted by molar-refractivity contribution is 0.363. The third-order valence-corrected chi connectivity index (χ3v) is 4.03. The summed E-state index contributed by atoms with van der Waals surface area (Å²) in [6.45, 7) is 3.09. The van der Waals surface area contributed by atoms with Gasteiger partial charge >= 0.3 is 0 Å². The predicted octanol–water partition coefficient (Wildman–Crippen LogP) is 2.46. The summed E-state index contributed by atoms with van der Waals surface area (Å²) in [4.78, 5) is 6.74. The summed E-state index contributed by atoms with van der Waals surface area (Å²) >= 11 is 0. The molecule has 1 saturated heterocycles. The molecule has 3 rings (SSSR count). The topological polar surface area (TPSA) is 37.4 Å². The Kier molecular flexibility index (Phi) is 5.13. The van der Waals surface area contributed by atoms with Gasteiger partial charge in [-0.05, 0) is 24.6 Å². The third-order valence-electron chi connectivity index (χ3n) is 4.03. The van der Waals surface area contributed by atoms with Crippen molar-refractivity contribution >= 4 is 5.82 Å². The van der Waals surface area contributed by atoms with Crippen molar-refractivity contribution in [3.63, 3.8) is 0 Å². The van der Waals surface area contributed by atoms with Crippen molar-refractivity contribution in [2.75, 3.05) is 24.6 Å². The first-order chi connectivity index (χ1) is 11.4. The van der Waals surface area contributed by atoms with Crippen LogP contribution in [0.3, 0.4) is 0 Å². The molecule has 118 valence electrons. The highest BCUT2D eigenvalue weighted by Crippen LogP contribution is 2.20. The Labute approximate surface area is 137 Å². The molecular weight excluding hydrogens is 286 g/mol. The Bertz CT molecular complexity index is 666. The Morgan fingerprint density at radius 2 is 2.13 bits per heavy atom. The molecule has 4 nitrogen and oxygen atoms in total. The highest BCUT2D eigenvalue weighted by molar-refractivity contribution is 5.39. The molecule has 1 aliphatic heterocycles. The molecule has 4 heteroatoms. The van der Waals surface area contributed by atoms with Crippen molar-refractivity contribution in [3.05, 3.63) is 54.2 Å². The summed E-state index contributed by atoms with van der Waals surface area (Å²) in [5.74, 6) is 4.42. The molecule has 1 aliphatic rings. The monoisotopic (exact) mass is 307 g/mol. The lowest BCUT2D eigenvalue weighted by Crippen LogP contribution is -2.32. The van der Waals surface area contributed by atoms with Crippen LogP contribution >= 0.6 is 0 Å². The normalized spacial score (nSPS) is 17.0. The molecule has 0 radical (unpaired) electrons. The summed E-state index contributed by atoms with van der Waals surface area (Å²) in [6, 6.07) is 14.5. The van der Waals surface area contributed by atoms with E-state index in [0.717, 1.165) is 43.2 Å². The van der Waals surface area contributed by atoms with E-state index in [1.54, 1.807) is 0 Å². The molecule has 1 aromatic carbocycles. The molecule has 23 heavy (non-hydrogen) atoms. The maximum absolute atomic E-state index is 5.60. The van der Waals surface area contributed by atoms with Gasteiger partial charge in [0.15, 0.2) is 0 Å². The zero-order valence-corrected chi connectivity index (χ0v) is 13.1. The van der Waals surface area contributed by atoms with Crippen molar-refractivity contribution < 1.29 is 4.74 Å². The van der Waals surface area contributed by atoms with Gasteiger partial charge in [-0.2, -0.15) is 0 Å². The van der Waals surface area contributed by atoms with Crippen LogP contribution in [-0.4, -0.2) is 30.7 Å². The standard InChI is InChI=1S/C19H21N3O/c1-2-13-23-18-8-4-3-7-16(18)14-21-17-10-12-22(15-17)19-9-5-6-11-20-19/h1,3-9,11,17,21H,10,12-15H2/t17-/m0/s1. The van der Waals surface area contributed by atoms with Crippen LogP contribution in [0.5, 0.6) is 5.75 Å². The fraction of sp³-hybridized carbons (Fsp3) is 0.316. The number of ether oxygens (including phenoxy) is 1. The number of pyridine rings is 1. The molecular formula is C19H21N3O. The first-order valence-corrected chi connectivity index (χ1v) is 7.90. The van der Waals surface area contributed by atoms with Crippen LogP contribution in [0.4, 0.5) is 5.82 Å². The number of hydrogen-bond acceptors (Lipinski definition) is 4. The van der Waals surface area contributed by atoms with E-state index in [2.05, 4.69) is 33.3 Å². The number of para-hydroxylation sites is 1. The van der Waals surface area contributed by atoms with Crippen LogP contribution in [0.25, 0.3) is 0 Å². The van der Waals surface area contributed by atoms with Crippen LogP contribution in [0.15, 0.2) is 48.7 Å². The molecule has 1 aromatic heterocycles. The highest BCUT2D eigenvalue weighted by atomic mass is 16.5. The zero-order chi connectivity index (χ0) is 15.9. The van der Waals surface area contributed by atoms with Crippen LogP contribution in [-0.2, 0) is 6.54 Å². The second-order valence-corrected chi connectivity index (χ2v) is 5.60. The van der Waals surface area contributed by atoms with Gasteiger partial charge in [-0.3, -0.25) is 0 Å². The minimum Gasteiger partial charge on any atom is -0.481 e. The summed E-state index contributed by atoms with van der Waals surface area (Å²) in [5.41, 5.74) is 1.14. The molecule has 0 unspecified atom stereocenters. The fourth-order valence-electron chi connectivity index (χ4n) is 2.84. The van der Waals surface area contributed by atoms with E-state index >= 15 is 0 Å². The number of rotatable bonds is 6. The maximum Gasteiger partial charge on any atom is 0.148 e. The molecule has 0 amide bonds. The summed E-state index contributed by atoms with van der Waals surface area (Å²) < 4.78 is 5.60. The lowest BCUT2D eigenvalue weighted by Gasteiger charge is -2.18. The van der Waals surface area contributed by atoms with Gasteiger partial charge in [-0.25, -0.2) is 4.98 Å². The largest absolute Gasteiger partial charge is 0.481 e. The average Bonchev–Trinajstić information content (AvgIpc) is 3.08. The van der Waals surface area contributed by atoms with Crippen LogP contribution < -0.4 is 15.0 Å². The van der Waals surface area contributed by atoms with Crippen molar-refractivity contribution in [1.82, 2.24) is 10.3 Å². The minimum atomic E-state index is 0.300. The van der Waals surface area contributed by atoms with E-state index in [0.29, 0.717) is 12.6 Å². The van der Waals surface area contributed by atoms with E-state index < -0.39 is 0 Å². The van der Waals surface area contributed by atoms with Crippen LogP contribution in [0.2, 0.25) is 0 Å². The number of nitrogens with one attached hydrogen (secondary N) is 1. The van der Waals surface area contributed by atoms with Crippen molar-refractivity contribution in [3.8, 4) is 18.1 Å². The van der Waals surface area contributed by atoms with Gasteiger partial charge in [0.1, 0.15) is 18.2 Å². The quantitative estimate of drug-likeness (QED) is 0.832. The molecule has 1 N–H and O–H groups in total. The first kappa shape index (κ1) is 15.4. The molecule has 0 saturated carbocycles. The Balaban J connectivity index is 1.55. The average molecular weight is 307 g/mol. The van der Waals surface area contributed by atoms with E-state index in [1.807, 2.05) is 36.5 Å². The number of anilines is 1. The number of hydrogen-bond donors (Lipinski definition) is 1. The van der Waals surface area contributed by atoms with Crippen molar-refractivity contribution in [2.45, 2.75) is 19.0 Å². The molecule has 2 aromatic rings. The van der Waals surface area contributed by atoms with Gasteiger partial charge in [-0.1, -0.05) is 30.2 Å². The van der Waals surface area contributed by atoms with Crippen molar-refractivity contribution in [2.24, 2.45) is 0 Å². The second-order valence-electron chi connectivity index (χ2n) is 5.60. The molecule has 0 aliphatic carbocycles. The number of aromatic nitrogens is 1. The Morgan fingerprint density at radius 1 is 1.26 bits per heavy atom. The molecule has 0 bridgehead atoms. The van der Waals surface area contributed by atoms with E-state index in [9.17, 15) is 0 Å². The van der Waals surface area contributed by atoms with Gasteiger partial charge in [0, 0.05) is 37.4 Å². The minimum absolute atomic E-state index is 0.300. The van der Waals surface area contributed by atoms with Gasteiger partial charge in [-0.15, -0.1) is 6.42 Å². The summed E-state index contributed by atoms with van der Waals surface area (Å²) in [6.07, 6.45) is 8.23. The molecule has 2 heterocycles. The maximum atomic E-state index is 5.60. The SMILES string of the molecule is C#CCOc1ccccc1CN[C@H]1CCN(c2ccccn2)C1. The summed E-state index contributed by atoms with van der Waals surface area (Å²) in [5, 5.41) is 3.61. The first-order valence-electron chi connectivity index (χ1n) is 7.90. The molecule has 0 spiro atoms. The van der Waals surface area contributed by atoms with Gasteiger partial charge < -0.3 is 15.0 Å². The number of terminal acetylenes is 1. The van der Waals surface area contributed by atoms with E-state index in [1.165, 1.54) is 0 Å². The van der Waals surface area contributed by atoms with Crippen molar-refractivity contribution in [1.29, 1.82) is 0 Å². The Hall–Kier alpha value is -2.51. The lowest BCUT2D eigenvalue weighted by atomic mass is 10.2.